The minimum atomic E-state index is -0.656. The molecule has 1 rings (SSSR count). The van der Waals surface area contributed by atoms with E-state index < -0.39 is 17.5 Å². The number of amides is 1. The molecule has 2 nitrogen and oxygen atoms in total. The molecule has 1 N–H and O–H groups in total. The third kappa shape index (κ3) is 2.87. The highest BCUT2D eigenvalue weighted by Crippen LogP contribution is 2.14. The van der Waals surface area contributed by atoms with E-state index in [1.165, 1.54) is 12.1 Å². The molecule has 0 heterocycles. The fraction of sp³-hybridized carbons (Fsp3) is 0.182. The van der Waals surface area contributed by atoms with Crippen LogP contribution in [0.4, 0.5) is 8.78 Å². The molecule has 0 aliphatic heterocycles. The van der Waals surface area contributed by atoms with Gasteiger partial charge in [-0.05, 0) is 30.7 Å². The highest BCUT2D eigenvalue weighted by Gasteiger charge is 2.10. The Morgan fingerprint density at radius 3 is 2.47 bits per heavy atom. The van der Waals surface area contributed by atoms with Crippen molar-refractivity contribution in [2.45, 2.75) is 13.5 Å². The van der Waals surface area contributed by atoms with Crippen LogP contribution in [0.1, 0.15) is 11.1 Å². The molecule has 15 heavy (non-hydrogen) atoms. The van der Waals surface area contributed by atoms with Crippen LogP contribution in [0.15, 0.2) is 24.8 Å². The summed E-state index contributed by atoms with van der Waals surface area (Å²) in [6.07, 6.45) is 1.05. The summed E-state index contributed by atoms with van der Waals surface area (Å²) < 4.78 is 26.5. The van der Waals surface area contributed by atoms with Gasteiger partial charge in [0.25, 0.3) is 0 Å². The van der Waals surface area contributed by atoms with E-state index in [0.29, 0.717) is 5.56 Å². The maximum absolute atomic E-state index is 13.2. The van der Waals surface area contributed by atoms with Crippen LogP contribution in [0.2, 0.25) is 0 Å². The van der Waals surface area contributed by atoms with Gasteiger partial charge in [-0.15, -0.1) is 0 Å². The van der Waals surface area contributed by atoms with Gasteiger partial charge in [0.15, 0.2) is 0 Å². The van der Waals surface area contributed by atoms with E-state index >= 15 is 0 Å². The number of carbonyl (C=O) groups is 1. The Morgan fingerprint density at radius 2 is 2.00 bits per heavy atom. The standard InChI is InChI=1S/C11H11F2NO/c1-3-11(15)14-6-8-9(12)4-7(2)5-10(8)13/h3-5H,1,6H2,2H3,(H,14,15). The molecule has 0 aliphatic carbocycles. The van der Waals surface area contributed by atoms with Crippen LogP contribution in [-0.2, 0) is 11.3 Å². The topological polar surface area (TPSA) is 29.1 Å². The summed E-state index contributed by atoms with van der Waals surface area (Å²) in [7, 11) is 0. The molecule has 80 valence electrons. The molecule has 0 aliphatic rings. The molecular formula is C11H11F2NO. The Morgan fingerprint density at radius 1 is 1.47 bits per heavy atom. The van der Waals surface area contributed by atoms with E-state index in [-0.39, 0.29) is 12.1 Å². The molecule has 0 unspecified atom stereocenters. The van der Waals surface area contributed by atoms with Crippen LogP contribution >= 0.6 is 0 Å². The number of halogens is 2. The molecule has 0 saturated carbocycles. The van der Waals surface area contributed by atoms with E-state index in [2.05, 4.69) is 11.9 Å². The number of rotatable bonds is 3. The highest BCUT2D eigenvalue weighted by molar-refractivity contribution is 5.86. The first kappa shape index (κ1) is 11.4. The van der Waals surface area contributed by atoms with Gasteiger partial charge in [0, 0.05) is 12.1 Å². The van der Waals surface area contributed by atoms with Crippen molar-refractivity contribution in [1.29, 1.82) is 0 Å². The summed E-state index contributed by atoms with van der Waals surface area (Å²) >= 11 is 0. The second-order valence-corrected chi connectivity index (χ2v) is 3.13. The molecule has 0 spiro atoms. The average Bonchev–Trinajstić information content (AvgIpc) is 2.15. The van der Waals surface area contributed by atoms with Crippen molar-refractivity contribution in [2.75, 3.05) is 0 Å². The van der Waals surface area contributed by atoms with Gasteiger partial charge in [0.1, 0.15) is 11.6 Å². The van der Waals surface area contributed by atoms with Gasteiger partial charge < -0.3 is 5.32 Å². The average molecular weight is 211 g/mol. The largest absolute Gasteiger partial charge is 0.348 e. The molecule has 0 radical (unpaired) electrons. The first-order chi connectivity index (χ1) is 7.04. The van der Waals surface area contributed by atoms with Crippen molar-refractivity contribution in [3.8, 4) is 0 Å². The summed E-state index contributed by atoms with van der Waals surface area (Å²) in [5, 5.41) is 2.31. The van der Waals surface area contributed by atoms with Crippen LogP contribution in [0, 0.1) is 18.6 Å². The second-order valence-electron chi connectivity index (χ2n) is 3.13. The van der Waals surface area contributed by atoms with Crippen LogP contribution in [-0.4, -0.2) is 5.91 Å². The number of aryl methyl sites for hydroxylation is 1. The predicted octanol–water partition coefficient (Wildman–Crippen LogP) is 2.08. The number of hydrogen-bond acceptors (Lipinski definition) is 1. The van der Waals surface area contributed by atoms with Crippen molar-refractivity contribution >= 4 is 5.91 Å². The number of nitrogens with one attached hydrogen (secondary N) is 1. The molecular weight excluding hydrogens is 200 g/mol. The summed E-state index contributed by atoms with van der Waals surface area (Å²) in [6.45, 7) is 4.65. The number of carbonyl (C=O) groups excluding carboxylic acids is 1. The zero-order valence-corrected chi connectivity index (χ0v) is 8.31. The first-order valence-electron chi connectivity index (χ1n) is 4.39. The number of benzene rings is 1. The first-order valence-corrected chi connectivity index (χ1v) is 4.39. The zero-order chi connectivity index (χ0) is 11.4. The molecule has 0 bridgehead atoms. The van der Waals surface area contributed by atoms with Crippen molar-refractivity contribution in [3.63, 3.8) is 0 Å². The zero-order valence-electron chi connectivity index (χ0n) is 8.31. The molecule has 0 atom stereocenters. The van der Waals surface area contributed by atoms with E-state index in [9.17, 15) is 13.6 Å². The summed E-state index contributed by atoms with van der Waals surface area (Å²) in [5.41, 5.74) is 0.361. The molecule has 0 aromatic heterocycles. The normalized spacial score (nSPS) is 9.80. The minimum Gasteiger partial charge on any atom is -0.348 e. The number of hydrogen-bond donors (Lipinski definition) is 1. The molecule has 1 aromatic carbocycles. The summed E-state index contributed by atoms with van der Waals surface area (Å²) in [4.78, 5) is 10.8. The Labute approximate surface area is 86.6 Å². The summed E-state index contributed by atoms with van der Waals surface area (Å²) in [6, 6.07) is 2.44. The smallest absolute Gasteiger partial charge is 0.243 e. The van der Waals surface area contributed by atoms with Crippen LogP contribution < -0.4 is 5.32 Å². The van der Waals surface area contributed by atoms with E-state index in [4.69, 9.17) is 0 Å². The molecule has 0 saturated heterocycles. The fourth-order valence-corrected chi connectivity index (χ4v) is 1.15. The lowest BCUT2D eigenvalue weighted by molar-refractivity contribution is -0.116. The molecule has 1 amide bonds. The Kier molecular flexibility index (Phi) is 3.55. The molecule has 0 fully saturated rings. The lowest BCUT2D eigenvalue weighted by atomic mass is 10.1. The van der Waals surface area contributed by atoms with Crippen molar-refractivity contribution < 1.29 is 13.6 Å². The Hall–Kier alpha value is -1.71. The second kappa shape index (κ2) is 4.68. The highest BCUT2D eigenvalue weighted by atomic mass is 19.1. The van der Waals surface area contributed by atoms with Crippen LogP contribution in [0.3, 0.4) is 0 Å². The van der Waals surface area contributed by atoms with Gasteiger partial charge in [-0.3, -0.25) is 4.79 Å². The Balaban J connectivity index is 2.85. The maximum Gasteiger partial charge on any atom is 0.243 e. The van der Waals surface area contributed by atoms with E-state index in [1.807, 2.05) is 0 Å². The minimum absolute atomic E-state index is 0.143. The third-order valence-corrected chi connectivity index (χ3v) is 1.91. The summed E-state index contributed by atoms with van der Waals surface area (Å²) in [5.74, 6) is -1.77. The molecule has 1 aromatic rings. The lowest BCUT2D eigenvalue weighted by Crippen LogP contribution is -2.21. The van der Waals surface area contributed by atoms with Gasteiger partial charge in [-0.2, -0.15) is 0 Å². The van der Waals surface area contributed by atoms with Gasteiger partial charge >= 0.3 is 0 Å². The fourth-order valence-electron chi connectivity index (χ4n) is 1.15. The van der Waals surface area contributed by atoms with Crippen LogP contribution in [0.5, 0.6) is 0 Å². The Bertz CT molecular complexity index is 379. The van der Waals surface area contributed by atoms with Crippen molar-refractivity contribution in [1.82, 2.24) is 5.32 Å². The van der Waals surface area contributed by atoms with Crippen molar-refractivity contribution in [3.05, 3.63) is 47.5 Å². The van der Waals surface area contributed by atoms with Gasteiger partial charge in [0.2, 0.25) is 5.91 Å². The predicted molar refractivity (Wildman–Crippen MR) is 53.1 cm³/mol. The SMILES string of the molecule is C=CC(=O)NCc1c(F)cc(C)cc1F. The van der Waals surface area contributed by atoms with E-state index in [1.54, 1.807) is 6.92 Å². The lowest BCUT2D eigenvalue weighted by Gasteiger charge is -2.06. The molecule has 4 heteroatoms. The van der Waals surface area contributed by atoms with Crippen LogP contribution in [0.25, 0.3) is 0 Å². The van der Waals surface area contributed by atoms with Gasteiger partial charge in [0.05, 0.1) is 0 Å². The van der Waals surface area contributed by atoms with Gasteiger partial charge in [-0.25, -0.2) is 8.78 Å². The monoisotopic (exact) mass is 211 g/mol. The third-order valence-electron chi connectivity index (χ3n) is 1.91. The van der Waals surface area contributed by atoms with Crippen molar-refractivity contribution in [2.24, 2.45) is 0 Å². The quantitative estimate of drug-likeness (QED) is 0.762. The maximum atomic E-state index is 13.2. The van der Waals surface area contributed by atoms with E-state index in [0.717, 1.165) is 6.08 Å². The van der Waals surface area contributed by atoms with Gasteiger partial charge in [-0.1, -0.05) is 6.58 Å².